The Balaban J connectivity index is 1.75. The summed E-state index contributed by atoms with van der Waals surface area (Å²) in [6, 6.07) is 3.43. The Morgan fingerprint density at radius 3 is 2.42 bits per heavy atom. The van der Waals surface area contributed by atoms with Crippen LogP contribution in [0.2, 0.25) is 0 Å². The molecule has 24 heavy (non-hydrogen) atoms. The van der Waals surface area contributed by atoms with Crippen LogP contribution in [-0.2, 0) is 14.3 Å². The Hall–Kier alpha value is -2.02. The molecule has 1 saturated heterocycles. The third-order valence-corrected chi connectivity index (χ3v) is 4.70. The average molecular weight is 339 g/mol. The van der Waals surface area contributed by atoms with Crippen molar-refractivity contribution in [2.75, 3.05) is 19.8 Å². The van der Waals surface area contributed by atoms with Gasteiger partial charge in [-0.25, -0.2) is 8.78 Å². The van der Waals surface area contributed by atoms with Gasteiger partial charge in [0.15, 0.2) is 0 Å². The minimum absolute atomic E-state index is 0.0712. The predicted octanol–water partition coefficient (Wildman–Crippen LogP) is 2.16. The molecule has 0 bridgehead atoms. The summed E-state index contributed by atoms with van der Waals surface area (Å²) in [5.74, 6) is -3.83. The number of aliphatic carboxylic acids is 1. The second kappa shape index (κ2) is 6.84. The van der Waals surface area contributed by atoms with E-state index in [9.17, 15) is 18.4 Å². The number of carbonyl (C=O) groups is 2. The van der Waals surface area contributed by atoms with Crippen LogP contribution in [0, 0.1) is 17.6 Å². The maximum absolute atomic E-state index is 13.9. The molecule has 0 aromatic heterocycles. The summed E-state index contributed by atoms with van der Waals surface area (Å²) in [5, 5.41) is 9.09. The number of hydrogen-bond donors (Lipinski definition) is 1. The fraction of sp³-hybridized carbons (Fsp3) is 0.529. The molecule has 1 heterocycles. The van der Waals surface area contributed by atoms with Crippen molar-refractivity contribution < 1.29 is 28.2 Å². The fourth-order valence-electron chi connectivity index (χ4n) is 3.39. The van der Waals surface area contributed by atoms with E-state index in [1.165, 1.54) is 23.1 Å². The second-order valence-corrected chi connectivity index (χ2v) is 6.29. The smallest absolute Gasteiger partial charge is 0.323 e. The molecule has 5 nitrogen and oxygen atoms in total. The normalized spacial score (nSPS) is 23.8. The highest BCUT2D eigenvalue weighted by Crippen LogP contribution is 2.50. The first-order valence-corrected chi connectivity index (χ1v) is 8.03. The van der Waals surface area contributed by atoms with Crippen LogP contribution >= 0.6 is 0 Å². The lowest BCUT2D eigenvalue weighted by molar-refractivity contribution is -0.148. The lowest BCUT2D eigenvalue weighted by atomic mass is 10.0. The summed E-state index contributed by atoms with van der Waals surface area (Å²) in [7, 11) is 0. The van der Waals surface area contributed by atoms with E-state index in [0.29, 0.717) is 32.5 Å². The third-order valence-electron chi connectivity index (χ3n) is 4.70. The van der Waals surface area contributed by atoms with Gasteiger partial charge < -0.3 is 14.7 Å². The monoisotopic (exact) mass is 339 g/mol. The van der Waals surface area contributed by atoms with E-state index in [4.69, 9.17) is 9.84 Å². The maximum Gasteiger partial charge on any atom is 0.323 e. The van der Waals surface area contributed by atoms with Crippen molar-refractivity contribution in [2.45, 2.75) is 31.2 Å². The van der Waals surface area contributed by atoms with Crippen molar-refractivity contribution in [2.24, 2.45) is 5.92 Å². The minimum Gasteiger partial charge on any atom is -0.480 e. The molecule has 0 spiro atoms. The van der Waals surface area contributed by atoms with Gasteiger partial charge in [0.25, 0.3) is 0 Å². The number of ether oxygens (including phenoxy) is 1. The molecule has 0 unspecified atom stereocenters. The van der Waals surface area contributed by atoms with Crippen LogP contribution in [0.15, 0.2) is 18.2 Å². The third kappa shape index (κ3) is 3.40. The van der Waals surface area contributed by atoms with Gasteiger partial charge in [-0.15, -0.1) is 0 Å². The van der Waals surface area contributed by atoms with E-state index in [1.807, 2.05) is 0 Å². The molecule has 1 aromatic carbocycles. The summed E-state index contributed by atoms with van der Waals surface area (Å²) in [4.78, 5) is 25.2. The van der Waals surface area contributed by atoms with Gasteiger partial charge in [-0.1, -0.05) is 6.07 Å². The summed E-state index contributed by atoms with van der Waals surface area (Å²) >= 11 is 0. The van der Waals surface area contributed by atoms with Crippen molar-refractivity contribution >= 4 is 11.9 Å². The van der Waals surface area contributed by atoms with Crippen LogP contribution in [0.4, 0.5) is 8.78 Å². The van der Waals surface area contributed by atoms with E-state index in [-0.39, 0.29) is 17.5 Å². The van der Waals surface area contributed by atoms with E-state index in [0.717, 1.165) is 0 Å². The van der Waals surface area contributed by atoms with Crippen LogP contribution in [0.25, 0.3) is 0 Å². The average Bonchev–Trinajstić information content (AvgIpc) is 3.33. The molecular formula is C17H19F2NO4. The Kier molecular flexibility index (Phi) is 4.80. The topological polar surface area (TPSA) is 66.8 Å². The van der Waals surface area contributed by atoms with E-state index in [2.05, 4.69) is 0 Å². The second-order valence-electron chi connectivity index (χ2n) is 6.29. The molecule has 2 atom stereocenters. The van der Waals surface area contributed by atoms with Crippen molar-refractivity contribution in [3.8, 4) is 0 Å². The van der Waals surface area contributed by atoms with Crippen molar-refractivity contribution in [3.63, 3.8) is 0 Å². The van der Waals surface area contributed by atoms with Gasteiger partial charge in [0, 0.05) is 36.7 Å². The maximum atomic E-state index is 13.9. The Morgan fingerprint density at radius 2 is 1.83 bits per heavy atom. The molecule has 1 N–H and O–H groups in total. The number of nitrogens with zero attached hydrogens (tertiary/aromatic N) is 1. The molecule has 2 aliphatic rings. The summed E-state index contributed by atoms with van der Waals surface area (Å²) in [5.41, 5.74) is -0.0712. The van der Waals surface area contributed by atoms with Crippen LogP contribution in [0.1, 0.15) is 30.7 Å². The van der Waals surface area contributed by atoms with Gasteiger partial charge in [-0.3, -0.25) is 9.59 Å². The number of hydrogen-bond acceptors (Lipinski definition) is 3. The summed E-state index contributed by atoms with van der Waals surface area (Å²) < 4.78 is 33.0. The molecule has 2 fully saturated rings. The molecule has 0 radical (unpaired) electrons. The molecule has 7 heteroatoms. The number of carbonyl (C=O) groups excluding carboxylic acids is 1. The highest BCUT2D eigenvalue weighted by molar-refractivity contribution is 5.86. The number of carboxylic acid groups (broad SMARTS) is 1. The standard InChI is InChI=1S/C17H19F2NO4/c18-13-2-1-3-14(19)16(13)11-8-12(11)17(23)20(9-15(21)22)10-4-6-24-7-5-10/h1-3,10-12H,4-9H2,(H,21,22)/t11-,12+/m1/s1. The lowest BCUT2D eigenvalue weighted by Crippen LogP contribution is -2.46. The van der Waals surface area contributed by atoms with E-state index >= 15 is 0 Å². The van der Waals surface area contributed by atoms with Gasteiger partial charge in [0.05, 0.1) is 0 Å². The molecule has 1 saturated carbocycles. The van der Waals surface area contributed by atoms with Gasteiger partial charge in [-0.05, 0) is 31.4 Å². The zero-order chi connectivity index (χ0) is 17.3. The van der Waals surface area contributed by atoms with Gasteiger partial charge in [0.1, 0.15) is 18.2 Å². The van der Waals surface area contributed by atoms with Crippen LogP contribution in [-0.4, -0.2) is 47.7 Å². The molecule has 1 aliphatic heterocycles. The van der Waals surface area contributed by atoms with Gasteiger partial charge in [-0.2, -0.15) is 0 Å². The highest BCUT2D eigenvalue weighted by Gasteiger charge is 2.49. The number of amides is 1. The van der Waals surface area contributed by atoms with E-state index < -0.39 is 36.0 Å². The minimum atomic E-state index is -1.09. The van der Waals surface area contributed by atoms with Crippen molar-refractivity contribution in [1.29, 1.82) is 0 Å². The quantitative estimate of drug-likeness (QED) is 0.893. The van der Waals surface area contributed by atoms with Gasteiger partial charge >= 0.3 is 5.97 Å². The van der Waals surface area contributed by atoms with Gasteiger partial charge in [0.2, 0.25) is 5.91 Å². The summed E-state index contributed by atoms with van der Waals surface area (Å²) in [6.07, 6.45) is 1.49. The molecule has 1 aliphatic carbocycles. The Labute approximate surface area is 138 Å². The largest absolute Gasteiger partial charge is 0.480 e. The van der Waals surface area contributed by atoms with Crippen molar-refractivity contribution in [3.05, 3.63) is 35.4 Å². The SMILES string of the molecule is O=C(O)CN(C(=O)[C@H]1C[C@H]1c1c(F)cccc1F)C1CCOCC1. The fourth-order valence-corrected chi connectivity index (χ4v) is 3.39. The first kappa shape index (κ1) is 16.8. The Bertz CT molecular complexity index is 625. The number of rotatable bonds is 5. The zero-order valence-corrected chi connectivity index (χ0v) is 13.1. The van der Waals surface area contributed by atoms with Crippen LogP contribution in [0.5, 0.6) is 0 Å². The highest BCUT2D eigenvalue weighted by atomic mass is 19.1. The molecule has 130 valence electrons. The van der Waals surface area contributed by atoms with Crippen molar-refractivity contribution in [1.82, 2.24) is 4.90 Å². The number of halogens is 2. The summed E-state index contributed by atoms with van der Waals surface area (Å²) in [6.45, 7) is 0.556. The number of carboxylic acids is 1. The first-order valence-electron chi connectivity index (χ1n) is 8.03. The predicted molar refractivity (Wildman–Crippen MR) is 80.4 cm³/mol. The molecule has 1 amide bonds. The number of benzene rings is 1. The van der Waals surface area contributed by atoms with E-state index in [1.54, 1.807) is 0 Å². The molecular weight excluding hydrogens is 320 g/mol. The Morgan fingerprint density at radius 1 is 1.21 bits per heavy atom. The zero-order valence-electron chi connectivity index (χ0n) is 13.1. The lowest BCUT2D eigenvalue weighted by Gasteiger charge is -2.33. The van der Waals surface area contributed by atoms with Crippen LogP contribution < -0.4 is 0 Å². The van der Waals surface area contributed by atoms with Crippen LogP contribution in [0.3, 0.4) is 0 Å². The molecule has 3 rings (SSSR count). The first-order chi connectivity index (χ1) is 11.5. The molecule has 1 aromatic rings.